The number of carbonyl (C=O) groups is 1. The lowest BCUT2D eigenvalue weighted by molar-refractivity contribution is -0.107. The van der Waals surface area contributed by atoms with E-state index in [2.05, 4.69) is 6.92 Å². The molecular weight excluding hydrogens is 270 g/mol. The number of fused-ring (bicyclic) bond motifs is 1. The van der Waals surface area contributed by atoms with Crippen molar-refractivity contribution in [3.63, 3.8) is 0 Å². The standard InChI is InChI=1S/C12H13NO3.C4H10O/c14-8-13-5-4-10-11(13)2-1-3-12(10)16-7-9-6-15-9;1-2-3-4-5/h1-3,8-9H,4-7H2;5H,2-4H2,1H3. The molecule has 1 atom stereocenters. The normalized spacial score (nSPS) is 18.6. The number of ether oxygens (including phenoxy) is 2. The summed E-state index contributed by atoms with van der Waals surface area (Å²) in [6.45, 7) is 4.55. The number of nitrogens with zero attached hydrogens (tertiary/aromatic N) is 1. The Labute approximate surface area is 125 Å². The van der Waals surface area contributed by atoms with Crippen molar-refractivity contribution in [2.45, 2.75) is 32.3 Å². The molecule has 1 N–H and O–H groups in total. The summed E-state index contributed by atoms with van der Waals surface area (Å²) in [7, 11) is 0. The fourth-order valence-corrected chi connectivity index (χ4v) is 2.18. The lowest BCUT2D eigenvalue weighted by Crippen LogP contribution is -2.17. The number of unbranched alkanes of at least 4 members (excludes halogenated alkanes) is 1. The van der Waals surface area contributed by atoms with Crippen molar-refractivity contribution in [2.24, 2.45) is 0 Å². The van der Waals surface area contributed by atoms with Gasteiger partial charge in [0.2, 0.25) is 6.41 Å². The average Bonchev–Trinajstić information content (AvgIpc) is 3.24. The molecule has 1 unspecified atom stereocenters. The van der Waals surface area contributed by atoms with E-state index in [4.69, 9.17) is 14.6 Å². The summed E-state index contributed by atoms with van der Waals surface area (Å²) < 4.78 is 10.8. The van der Waals surface area contributed by atoms with Crippen molar-refractivity contribution in [2.75, 3.05) is 31.3 Å². The SMILES string of the molecule is CCCCO.O=CN1CCc2c(OCC3CO3)cccc21. The number of hydrogen-bond acceptors (Lipinski definition) is 4. The van der Waals surface area contributed by atoms with Crippen LogP contribution < -0.4 is 9.64 Å². The minimum atomic E-state index is 0.263. The third-order valence-electron chi connectivity index (χ3n) is 3.49. The Hall–Kier alpha value is -1.59. The Balaban J connectivity index is 0.000000282. The van der Waals surface area contributed by atoms with Crippen LogP contribution in [0.3, 0.4) is 0 Å². The van der Waals surface area contributed by atoms with Gasteiger partial charge in [-0.1, -0.05) is 19.4 Å². The summed E-state index contributed by atoms with van der Waals surface area (Å²) in [5.74, 6) is 0.886. The molecule has 1 amide bonds. The molecule has 1 aromatic rings. The van der Waals surface area contributed by atoms with Gasteiger partial charge in [-0.2, -0.15) is 0 Å². The second kappa shape index (κ2) is 8.00. The number of epoxide rings is 1. The Kier molecular flexibility index (Phi) is 6.02. The number of anilines is 1. The molecule has 116 valence electrons. The minimum Gasteiger partial charge on any atom is -0.490 e. The Morgan fingerprint density at radius 1 is 1.52 bits per heavy atom. The highest BCUT2D eigenvalue weighted by atomic mass is 16.6. The molecule has 5 nitrogen and oxygen atoms in total. The van der Waals surface area contributed by atoms with Crippen LogP contribution in [-0.2, 0) is 16.0 Å². The molecule has 0 bridgehead atoms. The second-order valence-corrected chi connectivity index (χ2v) is 5.15. The van der Waals surface area contributed by atoms with Crippen LogP contribution in [0.4, 0.5) is 5.69 Å². The van der Waals surface area contributed by atoms with Crippen LogP contribution in [-0.4, -0.2) is 44.0 Å². The molecule has 1 saturated heterocycles. The summed E-state index contributed by atoms with van der Waals surface area (Å²) in [5, 5.41) is 8.07. The van der Waals surface area contributed by atoms with Crippen LogP contribution in [0.2, 0.25) is 0 Å². The third kappa shape index (κ3) is 4.44. The highest BCUT2D eigenvalue weighted by Crippen LogP contribution is 2.34. The average molecular weight is 293 g/mol. The van der Waals surface area contributed by atoms with Crippen molar-refractivity contribution in [3.8, 4) is 5.75 Å². The van der Waals surface area contributed by atoms with Crippen LogP contribution in [0.1, 0.15) is 25.3 Å². The Morgan fingerprint density at radius 2 is 2.33 bits per heavy atom. The first kappa shape index (κ1) is 15.8. The van der Waals surface area contributed by atoms with Crippen molar-refractivity contribution in [1.82, 2.24) is 0 Å². The molecule has 2 aliphatic rings. The highest BCUT2D eigenvalue weighted by Gasteiger charge is 2.25. The van der Waals surface area contributed by atoms with Crippen LogP contribution in [0.15, 0.2) is 18.2 Å². The molecule has 0 saturated carbocycles. The van der Waals surface area contributed by atoms with E-state index in [0.29, 0.717) is 13.2 Å². The predicted octanol–water partition coefficient (Wildman–Crippen LogP) is 1.76. The van der Waals surface area contributed by atoms with Gasteiger partial charge in [0.1, 0.15) is 18.5 Å². The van der Waals surface area contributed by atoms with Gasteiger partial charge in [0.25, 0.3) is 0 Å². The number of amides is 1. The van der Waals surface area contributed by atoms with E-state index in [0.717, 1.165) is 55.8 Å². The molecule has 1 fully saturated rings. The van der Waals surface area contributed by atoms with Crippen LogP contribution in [0, 0.1) is 0 Å². The topological polar surface area (TPSA) is 62.3 Å². The summed E-state index contributed by atoms with van der Waals surface area (Å²) in [6.07, 6.45) is 4.05. The van der Waals surface area contributed by atoms with E-state index in [1.54, 1.807) is 4.90 Å². The van der Waals surface area contributed by atoms with Gasteiger partial charge in [-0.15, -0.1) is 0 Å². The van der Waals surface area contributed by atoms with Crippen LogP contribution in [0.25, 0.3) is 0 Å². The molecule has 0 spiro atoms. The summed E-state index contributed by atoms with van der Waals surface area (Å²) >= 11 is 0. The molecule has 5 heteroatoms. The van der Waals surface area contributed by atoms with Crippen molar-refractivity contribution in [1.29, 1.82) is 0 Å². The maximum Gasteiger partial charge on any atom is 0.214 e. The molecule has 2 aliphatic heterocycles. The molecule has 0 aromatic heterocycles. The van der Waals surface area contributed by atoms with Gasteiger partial charge < -0.3 is 19.5 Å². The van der Waals surface area contributed by atoms with Crippen LogP contribution in [0.5, 0.6) is 5.75 Å². The van der Waals surface area contributed by atoms with Gasteiger partial charge in [-0.05, 0) is 25.0 Å². The minimum absolute atomic E-state index is 0.263. The lowest BCUT2D eigenvalue weighted by atomic mass is 10.1. The monoisotopic (exact) mass is 293 g/mol. The van der Waals surface area contributed by atoms with E-state index in [1.807, 2.05) is 18.2 Å². The van der Waals surface area contributed by atoms with E-state index in [1.165, 1.54) is 0 Å². The third-order valence-corrected chi connectivity index (χ3v) is 3.49. The molecule has 3 rings (SSSR count). The number of benzene rings is 1. The lowest BCUT2D eigenvalue weighted by Gasteiger charge is -2.12. The number of aliphatic hydroxyl groups is 1. The van der Waals surface area contributed by atoms with Gasteiger partial charge in [0.05, 0.1) is 12.3 Å². The molecule has 21 heavy (non-hydrogen) atoms. The highest BCUT2D eigenvalue weighted by molar-refractivity contribution is 5.81. The molecule has 0 radical (unpaired) electrons. The zero-order valence-electron chi connectivity index (χ0n) is 12.5. The number of carbonyl (C=O) groups excluding carboxylic acids is 1. The Bertz CT molecular complexity index is 458. The van der Waals surface area contributed by atoms with Gasteiger partial charge in [0.15, 0.2) is 0 Å². The van der Waals surface area contributed by atoms with Crippen LogP contribution >= 0.6 is 0 Å². The maximum absolute atomic E-state index is 10.8. The van der Waals surface area contributed by atoms with Gasteiger partial charge in [-0.25, -0.2) is 0 Å². The zero-order chi connectivity index (χ0) is 15.1. The van der Waals surface area contributed by atoms with E-state index in [9.17, 15) is 4.79 Å². The van der Waals surface area contributed by atoms with E-state index >= 15 is 0 Å². The first-order valence-electron chi connectivity index (χ1n) is 7.49. The van der Waals surface area contributed by atoms with Gasteiger partial charge in [-0.3, -0.25) is 4.79 Å². The van der Waals surface area contributed by atoms with Gasteiger partial charge >= 0.3 is 0 Å². The Morgan fingerprint density at radius 3 is 2.90 bits per heavy atom. The van der Waals surface area contributed by atoms with E-state index < -0.39 is 0 Å². The fraction of sp³-hybridized carbons (Fsp3) is 0.562. The maximum atomic E-state index is 10.8. The molecular formula is C16H23NO4. The summed E-state index contributed by atoms with van der Waals surface area (Å²) in [4.78, 5) is 12.5. The quantitative estimate of drug-likeness (QED) is 0.641. The summed E-state index contributed by atoms with van der Waals surface area (Å²) in [5.41, 5.74) is 2.11. The van der Waals surface area contributed by atoms with Crippen molar-refractivity contribution in [3.05, 3.63) is 23.8 Å². The zero-order valence-corrected chi connectivity index (χ0v) is 12.5. The fourth-order valence-electron chi connectivity index (χ4n) is 2.18. The summed E-state index contributed by atoms with van der Waals surface area (Å²) in [6, 6.07) is 5.83. The number of hydrogen-bond donors (Lipinski definition) is 1. The van der Waals surface area contributed by atoms with Crippen molar-refractivity contribution < 1.29 is 19.4 Å². The number of rotatable bonds is 6. The van der Waals surface area contributed by atoms with E-state index in [-0.39, 0.29) is 6.10 Å². The van der Waals surface area contributed by atoms with Gasteiger partial charge in [0, 0.05) is 18.7 Å². The van der Waals surface area contributed by atoms with Crippen molar-refractivity contribution >= 4 is 12.1 Å². The predicted molar refractivity (Wildman–Crippen MR) is 80.8 cm³/mol. The first-order valence-corrected chi connectivity index (χ1v) is 7.49. The largest absolute Gasteiger partial charge is 0.490 e. The number of aliphatic hydroxyl groups excluding tert-OH is 1. The molecule has 0 aliphatic carbocycles. The molecule has 1 aromatic carbocycles. The smallest absolute Gasteiger partial charge is 0.214 e. The second-order valence-electron chi connectivity index (χ2n) is 5.15. The first-order chi connectivity index (χ1) is 10.3. The molecule has 2 heterocycles.